The molecule has 0 saturated carbocycles. The molecule has 0 N–H and O–H groups in total. The van der Waals surface area contributed by atoms with E-state index in [9.17, 15) is 4.79 Å². The van der Waals surface area contributed by atoms with Crippen molar-refractivity contribution in [1.29, 1.82) is 0 Å². The van der Waals surface area contributed by atoms with Gasteiger partial charge in [-0.1, -0.05) is 0 Å². The van der Waals surface area contributed by atoms with Crippen molar-refractivity contribution in [2.75, 3.05) is 34.4 Å². The van der Waals surface area contributed by atoms with E-state index in [4.69, 9.17) is 9.47 Å². The van der Waals surface area contributed by atoms with Crippen molar-refractivity contribution in [2.45, 2.75) is 18.5 Å². The highest BCUT2D eigenvalue weighted by Gasteiger charge is 2.38. The molecule has 1 saturated heterocycles. The molecule has 0 aromatic carbocycles. The number of likely N-dealkylation sites (tertiary alicyclic amines) is 1. The Morgan fingerprint density at radius 1 is 1.21 bits per heavy atom. The van der Waals surface area contributed by atoms with Gasteiger partial charge in [0.25, 0.3) is 0 Å². The summed E-state index contributed by atoms with van der Waals surface area (Å²) < 4.78 is 29.4. The third-order valence-corrected chi connectivity index (χ3v) is 5.63. The van der Waals surface area contributed by atoms with Crippen LogP contribution in [-0.4, -0.2) is 64.4 Å². The van der Waals surface area contributed by atoms with Crippen molar-refractivity contribution >= 4 is 11.6 Å². The minimum Gasteiger partial charge on any atom is -0.496 e. The van der Waals surface area contributed by atoms with Gasteiger partial charge in [0.05, 0.1) is 26.1 Å². The predicted octanol–water partition coefficient (Wildman–Crippen LogP) is 2.42. The van der Waals surface area contributed by atoms with Crippen molar-refractivity contribution in [3.05, 3.63) is 35.8 Å². The predicted molar refractivity (Wildman–Crippen MR) is 105 cm³/mol. The number of nitrogens with zero attached hydrogens (tertiary/aromatic N) is 5. The van der Waals surface area contributed by atoms with E-state index in [-0.39, 0.29) is 0 Å². The molecule has 0 bridgehead atoms. The van der Waals surface area contributed by atoms with Crippen LogP contribution in [0.25, 0.3) is 17.0 Å². The van der Waals surface area contributed by atoms with Gasteiger partial charge in [-0.15, -0.1) is 0 Å². The molecule has 0 atom stereocenters. The summed E-state index contributed by atoms with van der Waals surface area (Å²) in [6.07, 6.45) is 4.19. The lowest BCUT2D eigenvalue weighted by Gasteiger charge is -2.35. The van der Waals surface area contributed by atoms with Gasteiger partial charge in [0, 0.05) is 44.0 Å². The number of aryl methyl sites for hydroxylation is 1. The van der Waals surface area contributed by atoms with E-state index in [1.807, 2.05) is 7.05 Å². The zero-order valence-electron chi connectivity index (χ0n) is 17.0. The maximum absolute atomic E-state index is 15.9. The maximum Gasteiger partial charge on any atom is 0.356 e. The van der Waals surface area contributed by atoms with E-state index < -0.39 is 11.6 Å². The summed E-state index contributed by atoms with van der Waals surface area (Å²) in [6, 6.07) is 3.38. The van der Waals surface area contributed by atoms with Gasteiger partial charge in [-0.05, 0) is 19.9 Å². The van der Waals surface area contributed by atoms with E-state index in [1.54, 1.807) is 43.1 Å². The fourth-order valence-corrected chi connectivity index (χ4v) is 3.83. The molecule has 4 rings (SSSR count). The molecule has 0 amide bonds. The van der Waals surface area contributed by atoms with Gasteiger partial charge in [-0.2, -0.15) is 5.10 Å². The molecule has 29 heavy (non-hydrogen) atoms. The van der Waals surface area contributed by atoms with Crippen molar-refractivity contribution in [1.82, 2.24) is 24.1 Å². The first-order valence-electron chi connectivity index (χ1n) is 9.42. The van der Waals surface area contributed by atoms with E-state index in [0.29, 0.717) is 60.0 Å². The average Bonchev–Trinajstić information content (AvgIpc) is 3.31. The zero-order valence-corrected chi connectivity index (χ0v) is 17.0. The lowest BCUT2D eigenvalue weighted by atomic mass is 9.86. The molecule has 8 nitrogen and oxygen atoms in total. The number of fused-ring (bicyclic) bond motifs is 1. The third kappa shape index (κ3) is 3.25. The quantitative estimate of drug-likeness (QED) is 0.625. The van der Waals surface area contributed by atoms with Crippen LogP contribution in [0.2, 0.25) is 0 Å². The summed E-state index contributed by atoms with van der Waals surface area (Å²) in [6.45, 7) is 1.36. The standard InChI is InChI=1S/C20H24FN5O3/c1-24-7-5-20(21,6-8-24)13-12-26-16(11-22-18(26)10-17(13)28-3)14-9-15(19(27)29-4)25(2)23-14/h9-12H,5-8H2,1-4H3. The molecule has 1 aliphatic heterocycles. The highest BCUT2D eigenvalue weighted by atomic mass is 19.1. The van der Waals surface area contributed by atoms with Gasteiger partial charge in [0.2, 0.25) is 0 Å². The number of carbonyl (C=O) groups is 1. The van der Waals surface area contributed by atoms with Crippen LogP contribution in [0.15, 0.2) is 24.5 Å². The first kappa shape index (κ1) is 19.4. The summed E-state index contributed by atoms with van der Waals surface area (Å²) in [7, 11) is 6.53. The SMILES string of the molecule is COC(=O)c1cc(-c2cnc3cc(OC)c(C4(F)CCN(C)CC4)cn23)nn1C. The van der Waals surface area contributed by atoms with Crippen LogP contribution in [0.3, 0.4) is 0 Å². The van der Waals surface area contributed by atoms with E-state index >= 15 is 4.39 Å². The smallest absolute Gasteiger partial charge is 0.356 e. The zero-order chi connectivity index (χ0) is 20.8. The molecule has 3 aromatic heterocycles. The minimum atomic E-state index is -1.48. The van der Waals surface area contributed by atoms with Crippen LogP contribution in [0.4, 0.5) is 4.39 Å². The van der Waals surface area contributed by atoms with Crippen LogP contribution in [0.5, 0.6) is 5.75 Å². The molecule has 0 spiro atoms. The number of aromatic nitrogens is 4. The molecular formula is C20H24FN5O3. The molecular weight excluding hydrogens is 377 g/mol. The summed E-state index contributed by atoms with van der Waals surface area (Å²) in [5.41, 5.74) is 1.17. The Morgan fingerprint density at radius 2 is 1.93 bits per heavy atom. The molecule has 4 heterocycles. The maximum atomic E-state index is 15.9. The van der Waals surface area contributed by atoms with Crippen molar-refractivity contribution < 1.29 is 18.7 Å². The Bertz CT molecular complexity index is 1070. The number of hydrogen-bond acceptors (Lipinski definition) is 6. The van der Waals surface area contributed by atoms with E-state index in [1.165, 1.54) is 11.8 Å². The van der Waals surface area contributed by atoms with Crippen LogP contribution in [0, 0.1) is 0 Å². The van der Waals surface area contributed by atoms with Crippen LogP contribution >= 0.6 is 0 Å². The fraction of sp³-hybridized carbons (Fsp3) is 0.450. The number of rotatable bonds is 4. The Kier molecular flexibility index (Phi) is 4.77. The van der Waals surface area contributed by atoms with Crippen molar-refractivity contribution in [3.8, 4) is 17.1 Å². The molecule has 0 radical (unpaired) electrons. The number of hydrogen-bond donors (Lipinski definition) is 0. The molecule has 1 aliphatic rings. The van der Waals surface area contributed by atoms with Crippen LogP contribution < -0.4 is 4.74 Å². The number of alkyl halides is 1. The Hall–Kier alpha value is -2.94. The number of halogens is 1. The van der Waals surface area contributed by atoms with Gasteiger partial charge in [0.1, 0.15) is 28.5 Å². The fourth-order valence-electron chi connectivity index (χ4n) is 3.83. The Labute approximate surface area is 167 Å². The van der Waals surface area contributed by atoms with E-state index in [2.05, 4.69) is 15.0 Å². The largest absolute Gasteiger partial charge is 0.496 e. The molecule has 1 fully saturated rings. The summed E-state index contributed by atoms with van der Waals surface area (Å²) in [4.78, 5) is 18.5. The number of piperidine rings is 1. The second-order valence-corrected chi connectivity index (χ2v) is 7.43. The second kappa shape index (κ2) is 7.14. The molecule has 154 valence electrons. The topological polar surface area (TPSA) is 73.9 Å². The minimum absolute atomic E-state index is 0.323. The Morgan fingerprint density at radius 3 is 2.59 bits per heavy atom. The lowest BCUT2D eigenvalue weighted by molar-refractivity contribution is 0.0588. The van der Waals surface area contributed by atoms with Gasteiger partial charge >= 0.3 is 5.97 Å². The normalized spacial score (nSPS) is 16.9. The van der Waals surface area contributed by atoms with Crippen LogP contribution in [-0.2, 0) is 17.5 Å². The van der Waals surface area contributed by atoms with Crippen LogP contribution in [0.1, 0.15) is 28.9 Å². The van der Waals surface area contributed by atoms with Gasteiger partial charge in [-0.3, -0.25) is 9.08 Å². The molecule has 3 aromatic rings. The number of esters is 1. The first-order valence-corrected chi connectivity index (χ1v) is 9.42. The number of ether oxygens (including phenoxy) is 2. The molecule has 0 aliphatic carbocycles. The highest BCUT2D eigenvalue weighted by Crippen LogP contribution is 2.42. The summed E-state index contributed by atoms with van der Waals surface area (Å²) in [5, 5.41) is 4.41. The number of carbonyl (C=O) groups excluding carboxylic acids is 1. The second-order valence-electron chi connectivity index (χ2n) is 7.43. The average molecular weight is 401 g/mol. The van der Waals surface area contributed by atoms with Gasteiger partial charge < -0.3 is 14.4 Å². The van der Waals surface area contributed by atoms with Crippen molar-refractivity contribution in [3.63, 3.8) is 0 Å². The summed E-state index contributed by atoms with van der Waals surface area (Å²) >= 11 is 0. The van der Waals surface area contributed by atoms with E-state index in [0.717, 1.165) is 0 Å². The number of pyridine rings is 1. The highest BCUT2D eigenvalue weighted by molar-refractivity contribution is 5.88. The number of imidazole rings is 1. The third-order valence-electron chi connectivity index (χ3n) is 5.63. The Balaban J connectivity index is 1.83. The molecule has 9 heteroatoms. The number of methoxy groups -OCH3 is 2. The lowest BCUT2D eigenvalue weighted by Crippen LogP contribution is -2.38. The monoisotopic (exact) mass is 401 g/mol. The molecule has 0 unspecified atom stereocenters. The van der Waals surface area contributed by atoms with Crippen molar-refractivity contribution in [2.24, 2.45) is 7.05 Å². The van der Waals surface area contributed by atoms with Gasteiger partial charge in [-0.25, -0.2) is 14.2 Å². The van der Waals surface area contributed by atoms with Gasteiger partial charge in [0.15, 0.2) is 0 Å². The summed E-state index contributed by atoms with van der Waals surface area (Å²) in [5.74, 6) is 0.00874. The first-order chi connectivity index (χ1) is 13.9.